The zero-order valence-corrected chi connectivity index (χ0v) is 8.42. The molecule has 7 heteroatoms. The summed E-state index contributed by atoms with van der Waals surface area (Å²) in [7, 11) is 1.58. The molecule has 0 aromatic carbocycles. The highest BCUT2D eigenvalue weighted by molar-refractivity contribution is 9.10. The summed E-state index contributed by atoms with van der Waals surface area (Å²) in [6.45, 7) is 0. The molecule has 0 radical (unpaired) electrons. The monoisotopic (exact) mass is 254 g/mol. The van der Waals surface area contributed by atoms with Crippen molar-refractivity contribution in [1.29, 1.82) is 0 Å². The van der Waals surface area contributed by atoms with Crippen LogP contribution in [-0.2, 0) is 7.05 Å². The molecule has 3 N–H and O–H groups in total. The lowest BCUT2D eigenvalue weighted by molar-refractivity contribution is 0.0946. The molecule has 0 spiro atoms. The average molecular weight is 255 g/mol. The van der Waals surface area contributed by atoms with Crippen LogP contribution >= 0.6 is 15.9 Å². The summed E-state index contributed by atoms with van der Waals surface area (Å²) in [5.41, 5.74) is 2.38. The molecule has 1 heterocycles. The van der Waals surface area contributed by atoms with E-state index in [0.29, 0.717) is 10.2 Å². The number of hydrazine groups is 1. The smallest absolute Gasteiger partial charge is 0.260 e. The number of hydrogen-bond acceptors (Lipinski definition) is 3. The van der Waals surface area contributed by atoms with Crippen molar-refractivity contribution in [2.24, 2.45) is 12.9 Å². The van der Waals surface area contributed by atoms with Crippen LogP contribution in [-0.4, -0.2) is 16.2 Å². The van der Waals surface area contributed by atoms with Crippen molar-refractivity contribution in [3.8, 4) is 0 Å². The Kier molecular flexibility index (Phi) is 3.34. The van der Waals surface area contributed by atoms with E-state index in [1.54, 1.807) is 7.05 Å². The van der Waals surface area contributed by atoms with E-state index < -0.39 is 12.5 Å². The van der Waals surface area contributed by atoms with Gasteiger partial charge in [-0.05, 0) is 15.9 Å². The first-order chi connectivity index (χ1) is 6.07. The highest BCUT2D eigenvalue weighted by Gasteiger charge is 2.26. The molecular formula is C6H9BrF2N4. The molecule has 0 bridgehead atoms. The van der Waals surface area contributed by atoms with Gasteiger partial charge in [-0.3, -0.25) is 10.5 Å². The van der Waals surface area contributed by atoms with Crippen LogP contribution in [0.25, 0.3) is 0 Å². The van der Waals surface area contributed by atoms with Gasteiger partial charge in [0, 0.05) is 7.05 Å². The normalized spacial score (nSPS) is 13.7. The molecule has 0 saturated heterocycles. The maximum Gasteiger partial charge on any atom is 0.260 e. The van der Waals surface area contributed by atoms with Crippen molar-refractivity contribution < 1.29 is 8.78 Å². The maximum absolute atomic E-state index is 12.4. The van der Waals surface area contributed by atoms with E-state index in [4.69, 9.17) is 5.84 Å². The van der Waals surface area contributed by atoms with Gasteiger partial charge in [-0.15, -0.1) is 0 Å². The largest absolute Gasteiger partial charge is 0.271 e. The highest BCUT2D eigenvalue weighted by Crippen LogP contribution is 2.26. The number of aromatic nitrogens is 2. The van der Waals surface area contributed by atoms with E-state index in [1.165, 1.54) is 10.9 Å². The van der Waals surface area contributed by atoms with Gasteiger partial charge in [0.15, 0.2) is 0 Å². The predicted octanol–water partition coefficient (Wildman–Crippen LogP) is 0.952. The van der Waals surface area contributed by atoms with Crippen LogP contribution in [0, 0.1) is 0 Å². The van der Waals surface area contributed by atoms with E-state index in [1.807, 2.05) is 5.43 Å². The second-order valence-electron chi connectivity index (χ2n) is 2.48. The quantitative estimate of drug-likeness (QED) is 0.624. The molecular weight excluding hydrogens is 246 g/mol. The van der Waals surface area contributed by atoms with Crippen LogP contribution in [0.2, 0.25) is 0 Å². The number of halogens is 3. The molecule has 4 nitrogen and oxygen atoms in total. The summed E-state index contributed by atoms with van der Waals surface area (Å²) < 4.78 is 26.7. The molecule has 1 aromatic heterocycles. The van der Waals surface area contributed by atoms with Crippen molar-refractivity contribution >= 4 is 15.9 Å². The van der Waals surface area contributed by atoms with Crippen molar-refractivity contribution in [3.05, 3.63) is 16.4 Å². The van der Waals surface area contributed by atoms with E-state index in [0.717, 1.165) is 0 Å². The van der Waals surface area contributed by atoms with Gasteiger partial charge in [0.1, 0.15) is 6.04 Å². The zero-order chi connectivity index (χ0) is 10.0. The summed E-state index contributed by atoms with van der Waals surface area (Å²) in [5, 5.41) is 3.81. The number of aryl methyl sites for hydroxylation is 1. The number of nitrogens with zero attached hydrogens (tertiary/aromatic N) is 2. The summed E-state index contributed by atoms with van der Waals surface area (Å²) >= 11 is 3.11. The molecule has 0 fully saturated rings. The van der Waals surface area contributed by atoms with Crippen molar-refractivity contribution in [2.45, 2.75) is 12.5 Å². The van der Waals surface area contributed by atoms with Crippen LogP contribution in [0.15, 0.2) is 10.7 Å². The Morgan fingerprint density at radius 3 is 2.62 bits per heavy atom. The predicted molar refractivity (Wildman–Crippen MR) is 47.0 cm³/mol. The molecule has 0 aliphatic carbocycles. The molecule has 1 aromatic rings. The fraction of sp³-hybridized carbons (Fsp3) is 0.500. The second kappa shape index (κ2) is 4.12. The van der Waals surface area contributed by atoms with Crippen LogP contribution in [0.1, 0.15) is 11.7 Å². The zero-order valence-electron chi connectivity index (χ0n) is 6.84. The van der Waals surface area contributed by atoms with Gasteiger partial charge in [0.05, 0.1) is 16.4 Å². The maximum atomic E-state index is 12.4. The number of alkyl halides is 2. The molecule has 13 heavy (non-hydrogen) atoms. The molecule has 0 saturated carbocycles. The van der Waals surface area contributed by atoms with Crippen molar-refractivity contribution in [2.75, 3.05) is 0 Å². The Bertz CT molecular complexity index is 269. The minimum absolute atomic E-state index is 0.331. The number of nitrogens with one attached hydrogen (secondary N) is 1. The Morgan fingerprint density at radius 1 is 1.69 bits per heavy atom. The summed E-state index contributed by atoms with van der Waals surface area (Å²) in [4.78, 5) is 0. The van der Waals surface area contributed by atoms with Gasteiger partial charge in [-0.25, -0.2) is 14.2 Å². The average Bonchev–Trinajstić information content (AvgIpc) is 2.36. The minimum atomic E-state index is -2.57. The molecule has 0 amide bonds. The lowest BCUT2D eigenvalue weighted by Crippen LogP contribution is -2.34. The standard InChI is InChI=1S/C6H9BrF2N4/c1-13-5(3(7)2-11-13)4(12-10)6(8)9/h2,4,6,12H,10H2,1H3. The Hall–Kier alpha value is -0.530. The van der Waals surface area contributed by atoms with E-state index in [2.05, 4.69) is 21.0 Å². The van der Waals surface area contributed by atoms with Crippen LogP contribution < -0.4 is 11.3 Å². The molecule has 1 rings (SSSR count). The minimum Gasteiger partial charge on any atom is -0.271 e. The molecule has 1 atom stereocenters. The van der Waals surface area contributed by atoms with Crippen LogP contribution in [0.5, 0.6) is 0 Å². The number of hydrogen-bond donors (Lipinski definition) is 2. The lowest BCUT2D eigenvalue weighted by Gasteiger charge is -2.15. The van der Waals surface area contributed by atoms with E-state index in [9.17, 15) is 8.78 Å². The SMILES string of the molecule is Cn1ncc(Br)c1C(NN)C(F)F. The fourth-order valence-corrected chi connectivity index (χ4v) is 1.64. The van der Waals surface area contributed by atoms with Gasteiger partial charge in [-0.2, -0.15) is 5.10 Å². The molecule has 0 aliphatic rings. The van der Waals surface area contributed by atoms with E-state index >= 15 is 0 Å². The fourth-order valence-electron chi connectivity index (χ4n) is 1.04. The molecule has 0 aliphatic heterocycles. The summed E-state index contributed by atoms with van der Waals surface area (Å²) in [6.07, 6.45) is -1.13. The van der Waals surface area contributed by atoms with E-state index in [-0.39, 0.29) is 0 Å². The van der Waals surface area contributed by atoms with Crippen LogP contribution in [0.4, 0.5) is 8.78 Å². The van der Waals surface area contributed by atoms with Crippen molar-refractivity contribution in [1.82, 2.24) is 15.2 Å². The van der Waals surface area contributed by atoms with Gasteiger partial charge in [0.25, 0.3) is 6.43 Å². The third-order valence-electron chi connectivity index (χ3n) is 1.66. The third kappa shape index (κ3) is 2.04. The van der Waals surface area contributed by atoms with Gasteiger partial charge in [0.2, 0.25) is 0 Å². The highest BCUT2D eigenvalue weighted by atomic mass is 79.9. The number of nitrogens with two attached hydrogens (primary N) is 1. The first kappa shape index (κ1) is 10.6. The van der Waals surface area contributed by atoms with Gasteiger partial charge < -0.3 is 0 Å². The number of rotatable bonds is 3. The molecule has 1 unspecified atom stereocenters. The first-order valence-corrected chi connectivity index (χ1v) is 4.29. The lowest BCUT2D eigenvalue weighted by atomic mass is 10.2. The van der Waals surface area contributed by atoms with Crippen molar-refractivity contribution in [3.63, 3.8) is 0 Å². The second-order valence-corrected chi connectivity index (χ2v) is 3.33. The van der Waals surface area contributed by atoms with Crippen LogP contribution in [0.3, 0.4) is 0 Å². The Morgan fingerprint density at radius 2 is 2.31 bits per heavy atom. The van der Waals surface area contributed by atoms with Gasteiger partial charge >= 0.3 is 0 Å². The first-order valence-electron chi connectivity index (χ1n) is 3.49. The topological polar surface area (TPSA) is 55.9 Å². The summed E-state index contributed by atoms with van der Waals surface area (Å²) in [6, 6.07) is -1.21. The summed E-state index contributed by atoms with van der Waals surface area (Å²) in [5.74, 6) is 5.01. The Balaban J connectivity index is 3.03. The third-order valence-corrected chi connectivity index (χ3v) is 2.27. The Labute approximate surface area is 82.2 Å². The molecule has 74 valence electrons. The van der Waals surface area contributed by atoms with Gasteiger partial charge in [-0.1, -0.05) is 0 Å².